The lowest BCUT2D eigenvalue weighted by molar-refractivity contribution is -0.641. The molecule has 0 aliphatic carbocycles. The number of nitrogens with zero attached hydrogens (tertiary/aromatic N) is 2. The van der Waals surface area contributed by atoms with Crippen molar-refractivity contribution in [1.82, 2.24) is 4.98 Å². The first-order chi connectivity index (χ1) is 10.7. The van der Waals surface area contributed by atoms with Gasteiger partial charge in [0.05, 0.1) is 7.11 Å². The Kier molecular flexibility index (Phi) is 4.00. The van der Waals surface area contributed by atoms with E-state index in [1.54, 1.807) is 0 Å². The zero-order valence-corrected chi connectivity index (χ0v) is 12.9. The van der Waals surface area contributed by atoms with Crippen LogP contribution in [0.2, 0.25) is 0 Å². The molecule has 0 radical (unpaired) electrons. The number of carbonyl (C=O) groups is 1. The summed E-state index contributed by atoms with van der Waals surface area (Å²) in [6, 6.07) is 14.3. The van der Waals surface area contributed by atoms with E-state index in [2.05, 4.69) is 23.6 Å². The third-order valence-electron chi connectivity index (χ3n) is 3.94. The molecule has 1 aromatic heterocycles. The highest BCUT2D eigenvalue weighted by Crippen LogP contribution is 2.19. The molecule has 0 aliphatic heterocycles. The molecule has 112 valence electrons. The van der Waals surface area contributed by atoms with Crippen LogP contribution < -0.4 is 4.57 Å². The fourth-order valence-electron chi connectivity index (χ4n) is 2.84. The molecule has 0 amide bonds. The molecule has 2 aromatic carbocycles. The van der Waals surface area contributed by atoms with Crippen molar-refractivity contribution in [3.05, 3.63) is 48.0 Å². The highest BCUT2D eigenvalue weighted by atomic mass is 16.5. The predicted octanol–water partition coefficient (Wildman–Crippen LogP) is 2.80. The van der Waals surface area contributed by atoms with Gasteiger partial charge in [0, 0.05) is 18.6 Å². The fourth-order valence-corrected chi connectivity index (χ4v) is 2.84. The van der Waals surface area contributed by atoms with Gasteiger partial charge in [-0.25, -0.2) is 4.98 Å². The molecule has 3 aromatic rings. The van der Waals surface area contributed by atoms with Crippen molar-refractivity contribution in [2.45, 2.75) is 26.3 Å². The Morgan fingerprint density at radius 3 is 2.68 bits per heavy atom. The second kappa shape index (κ2) is 6.10. The topological polar surface area (TPSA) is 43.1 Å². The van der Waals surface area contributed by atoms with Gasteiger partial charge in [0.1, 0.15) is 17.6 Å². The molecule has 0 aliphatic rings. The number of aromatic nitrogens is 2. The molecule has 4 heteroatoms. The maximum absolute atomic E-state index is 11.4. The largest absolute Gasteiger partial charge is 0.469 e. The predicted molar refractivity (Wildman–Crippen MR) is 85.5 cm³/mol. The van der Waals surface area contributed by atoms with Gasteiger partial charge in [0.25, 0.3) is 0 Å². The summed E-state index contributed by atoms with van der Waals surface area (Å²) in [6.45, 7) is 3.01. The van der Waals surface area contributed by atoms with E-state index < -0.39 is 0 Å². The maximum atomic E-state index is 11.4. The molecule has 3 rings (SSSR count). The number of rotatable bonds is 4. The highest BCUT2D eigenvalue weighted by molar-refractivity contribution is 5.83. The molecule has 0 saturated heterocycles. The van der Waals surface area contributed by atoms with Crippen molar-refractivity contribution < 1.29 is 14.1 Å². The average Bonchev–Trinajstić information content (AvgIpc) is 2.57. The SMILES string of the molecule is CC[n+]1c2ccccc2nc2c(CCC(=O)OC)cccc21. The van der Waals surface area contributed by atoms with E-state index in [1.165, 1.54) is 7.11 Å². The van der Waals surface area contributed by atoms with Crippen LogP contribution in [0.25, 0.3) is 22.1 Å². The quantitative estimate of drug-likeness (QED) is 0.422. The molecule has 0 saturated carbocycles. The highest BCUT2D eigenvalue weighted by Gasteiger charge is 2.17. The van der Waals surface area contributed by atoms with Gasteiger partial charge in [-0.15, -0.1) is 0 Å². The maximum Gasteiger partial charge on any atom is 0.305 e. The van der Waals surface area contributed by atoms with Crippen LogP contribution in [-0.4, -0.2) is 18.1 Å². The zero-order chi connectivity index (χ0) is 15.5. The minimum atomic E-state index is -0.193. The Hall–Kier alpha value is -2.49. The van der Waals surface area contributed by atoms with Gasteiger partial charge in [-0.2, -0.15) is 4.57 Å². The molecule has 0 bridgehead atoms. The summed E-state index contributed by atoms with van der Waals surface area (Å²) in [4.78, 5) is 16.2. The summed E-state index contributed by atoms with van der Waals surface area (Å²) in [6.07, 6.45) is 1.01. The third-order valence-corrected chi connectivity index (χ3v) is 3.94. The van der Waals surface area contributed by atoms with E-state index in [0.717, 1.165) is 34.2 Å². The van der Waals surface area contributed by atoms with Crippen molar-refractivity contribution in [2.24, 2.45) is 0 Å². The van der Waals surface area contributed by atoms with E-state index in [9.17, 15) is 4.79 Å². The first-order valence-corrected chi connectivity index (χ1v) is 7.51. The van der Waals surface area contributed by atoms with Crippen LogP contribution in [0.15, 0.2) is 42.5 Å². The van der Waals surface area contributed by atoms with Crippen molar-refractivity contribution in [1.29, 1.82) is 0 Å². The molecule has 1 heterocycles. The Morgan fingerprint density at radius 2 is 1.91 bits per heavy atom. The molecular formula is C18H19N2O2+. The van der Waals surface area contributed by atoms with Gasteiger partial charge >= 0.3 is 5.97 Å². The smallest absolute Gasteiger partial charge is 0.305 e. The number of hydrogen-bond acceptors (Lipinski definition) is 3. The van der Waals surface area contributed by atoms with Gasteiger partial charge in [0.15, 0.2) is 0 Å². The molecule has 0 unspecified atom stereocenters. The van der Waals surface area contributed by atoms with E-state index >= 15 is 0 Å². The van der Waals surface area contributed by atoms with Crippen molar-refractivity contribution in [3.8, 4) is 0 Å². The van der Waals surface area contributed by atoms with Gasteiger partial charge in [-0.05, 0) is 25.0 Å². The lowest BCUT2D eigenvalue weighted by atomic mass is 10.1. The Labute approximate surface area is 129 Å². The molecule has 0 atom stereocenters. The van der Waals surface area contributed by atoms with Crippen LogP contribution in [0.5, 0.6) is 0 Å². The van der Waals surface area contributed by atoms with E-state index in [1.807, 2.05) is 30.3 Å². The van der Waals surface area contributed by atoms with E-state index in [4.69, 9.17) is 9.72 Å². The normalized spacial score (nSPS) is 11.0. The minimum Gasteiger partial charge on any atom is -0.469 e. The molecular weight excluding hydrogens is 276 g/mol. The number of carbonyl (C=O) groups excluding carboxylic acids is 1. The average molecular weight is 295 g/mol. The van der Waals surface area contributed by atoms with Crippen LogP contribution in [0.3, 0.4) is 0 Å². The summed E-state index contributed by atoms with van der Waals surface area (Å²) >= 11 is 0. The summed E-state index contributed by atoms with van der Waals surface area (Å²) in [5.74, 6) is -0.193. The number of para-hydroxylation sites is 3. The van der Waals surface area contributed by atoms with Crippen molar-refractivity contribution >= 4 is 28.0 Å². The summed E-state index contributed by atoms with van der Waals surface area (Å²) in [5, 5.41) is 0. The van der Waals surface area contributed by atoms with Gasteiger partial charge in [-0.1, -0.05) is 24.3 Å². The number of benzene rings is 2. The molecule has 0 N–H and O–H groups in total. The number of methoxy groups -OCH3 is 1. The van der Waals surface area contributed by atoms with E-state index in [-0.39, 0.29) is 5.97 Å². The zero-order valence-electron chi connectivity index (χ0n) is 12.9. The van der Waals surface area contributed by atoms with Crippen LogP contribution in [0, 0.1) is 0 Å². The standard InChI is InChI=1S/C18H19N2O2/c1-3-20-15-9-5-4-8-14(15)19-18-13(7-6-10-16(18)20)11-12-17(21)22-2/h4-10H,3,11-12H2,1-2H3/q+1. The van der Waals surface area contributed by atoms with Gasteiger partial charge in [-0.3, -0.25) is 4.79 Å². The molecule has 0 spiro atoms. The Morgan fingerprint density at radius 1 is 1.14 bits per heavy atom. The number of ether oxygens (including phenoxy) is 1. The van der Waals surface area contributed by atoms with Gasteiger partial charge in [0.2, 0.25) is 11.0 Å². The first-order valence-electron chi connectivity index (χ1n) is 7.51. The molecule has 22 heavy (non-hydrogen) atoms. The van der Waals surface area contributed by atoms with Crippen molar-refractivity contribution in [3.63, 3.8) is 0 Å². The lowest BCUT2D eigenvalue weighted by Gasteiger charge is -2.07. The number of fused-ring (bicyclic) bond motifs is 2. The fraction of sp³-hybridized carbons (Fsp3) is 0.278. The first kappa shape index (κ1) is 14.4. The second-order valence-corrected chi connectivity index (χ2v) is 5.21. The van der Waals surface area contributed by atoms with Crippen molar-refractivity contribution in [2.75, 3.05) is 7.11 Å². The van der Waals surface area contributed by atoms with Gasteiger partial charge < -0.3 is 4.74 Å². The third kappa shape index (κ3) is 2.52. The second-order valence-electron chi connectivity index (χ2n) is 5.21. The number of aryl methyl sites for hydroxylation is 2. The Bertz CT molecular complexity index is 843. The van der Waals surface area contributed by atoms with Crippen LogP contribution in [0.4, 0.5) is 0 Å². The number of esters is 1. The van der Waals surface area contributed by atoms with Crippen LogP contribution >= 0.6 is 0 Å². The lowest BCUT2D eigenvalue weighted by Crippen LogP contribution is -2.34. The summed E-state index contributed by atoms with van der Waals surface area (Å²) in [7, 11) is 1.42. The Balaban J connectivity index is 2.19. The molecule has 4 nitrogen and oxygen atoms in total. The van der Waals surface area contributed by atoms with Crippen LogP contribution in [-0.2, 0) is 22.5 Å². The monoisotopic (exact) mass is 295 g/mol. The summed E-state index contributed by atoms with van der Waals surface area (Å²) in [5.41, 5.74) is 5.25. The van der Waals surface area contributed by atoms with E-state index in [0.29, 0.717) is 12.8 Å². The summed E-state index contributed by atoms with van der Waals surface area (Å²) < 4.78 is 7.00. The minimum absolute atomic E-state index is 0.193. The molecule has 0 fully saturated rings. The number of hydrogen-bond donors (Lipinski definition) is 0. The van der Waals surface area contributed by atoms with Crippen LogP contribution in [0.1, 0.15) is 18.9 Å².